The van der Waals surface area contributed by atoms with Crippen molar-refractivity contribution in [3.8, 4) is 0 Å². The van der Waals surface area contributed by atoms with E-state index in [2.05, 4.69) is 46.8 Å². The summed E-state index contributed by atoms with van der Waals surface area (Å²) >= 11 is 0. The molecule has 15 aliphatic rings. The third-order valence-electron chi connectivity index (χ3n) is 35.8. The Balaban J connectivity index is 0.000000167. The highest BCUT2D eigenvalue weighted by molar-refractivity contribution is 4.97. The molecule has 0 spiro atoms. The molecule has 139 heavy (non-hydrogen) atoms. The van der Waals surface area contributed by atoms with Gasteiger partial charge in [-0.15, -0.1) is 0 Å². The molecule has 15 fully saturated rings. The summed E-state index contributed by atoms with van der Waals surface area (Å²) in [7, 11) is 0. The van der Waals surface area contributed by atoms with Gasteiger partial charge in [-0.1, -0.05) is 194 Å². The Morgan fingerprint density at radius 3 is 0.993 bits per heavy atom. The lowest BCUT2D eigenvalue weighted by atomic mass is 9.67. The second-order valence-electron chi connectivity index (χ2n) is 45.7. The van der Waals surface area contributed by atoms with Crippen molar-refractivity contribution in [3.63, 3.8) is 0 Å². The molecule has 802 valence electrons. The van der Waals surface area contributed by atoms with Crippen LogP contribution in [0.25, 0.3) is 0 Å². The van der Waals surface area contributed by atoms with E-state index in [9.17, 15) is 43.9 Å². The van der Waals surface area contributed by atoms with Gasteiger partial charge in [0.05, 0.1) is 103 Å². The molecule has 0 aromatic rings. The van der Waals surface area contributed by atoms with Gasteiger partial charge in [-0.05, 0) is 324 Å². The number of rotatable bonds is 38. The highest BCUT2D eigenvalue weighted by atomic mass is 19.3. The molecule has 0 N–H and O–H groups in total. The van der Waals surface area contributed by atoms with E-state index in [1.165, 1.54) is 308 Å². The van der Waals surface area contributed by atoms with Crippen LogP contribution in [0.2, 0.25) is 0 Å². The van der Waals surface area contributed by atoms with Crippen LogP contribution in [-0.2, 0) is 61.6 Å². The summed E-state index contributed by atoms with van der Waals surface area (Å²) in [6, 6.07) is 0. The molecule has 8 saturated carbocycles. The van der Waals surface area contributed by atoms with Crippen LogP contribution < -0.4 is 0 Å². The second-order valence-corrected chi connectivity index (χ2v) is 45.7. The molecular weight excluding hydrogens is 1790 g/mol. The first-order chi connectivity index (χ1) is 67.7. The summed E-state index contributed by atoms with van der Waals surface area (Å²) < 4.78 is 197. The number of hydrogen-bond donors (Lipinski definition) is 0. The number of unbranched alkanes of at least 4 members (excludes halogenated alkanes) is 6. The first-order valence-corrected chi connectivity index (χ1v) is 57.5. The predicted molar refractivity (Wildman–Crippen MR) is 532 cm³/mol. The van der Waals surface area contributed by atoms with Crippen molar-refractivity contribution in [1.29, 1.82) is 0 Å². The Hall–Kier alpha value is -2.78. The van der Waals surface area contributed by atoms with Crippen molar-refractivity contribution in [1.82, 2.24) is 0 Å². The van der Waals surface area contributed by atoms with E-state index >= 15 is 0 Å². The number of hydrogen-bond acceptors (Lipinski definition) is 13. The van der Waals surface area contributed by atoms with Crippen LogP contribution in [0.15, 0.2) is 72.9 Å². The lowest BCUT2D eigenvalue weighted by Gasteiger charge is -2.41. The van der Waals surface area contributed by atoms with Crippen LogP contribution in [0.5, 0.6) is 0 Å². The monoisotopic (exact) mass is 1980 g/mol. The van der Waals surface area contributed by atoms with Crippen molar-refractivity contribution in [2.75, 3.05) is 85.9 Å². The minimum absolute atomic E-state index is 0.00385. The topological polar surface area (TPSA) is 120 Å². The fourth-order valence-corrected chi connectivity index (χ4v) is 27.0. The predicted octanol–water partition coefficient (Wildman–Crippen LogP) is 33.0. The summed E-state index contributed by atoms with van der Waals surface area (Å²) in [4.78, 5) is 0. The van der Waals surface area contributed by atoms with Crippen molar-refractivity contribution in [2.45, 2.75) is 444 Å². The largest absolute Gasteiger partial charge is 0.378 e. The van der Waals surface area contributed by atoms with Crippen LogP contribution in [0, 0.1) is 130 Å². The first kappa shape index (κ1) is 116. The van der Waals surface area contributed by atoms with E-state index in [1.807, 2.05) is 0 Å². The van der Waals surface area contributed by atoms with Crippen LogP contribution in [-0.4, -0.2) is 136 Å². The normalized spacial score (nSPS) is 37.1. The highest BCUT2D eigenvalue weighted by Crippen LogP contribution is 2.49. The molecule has 4 unspecified atom stereocenters. The highest BCUT2D eigenvalue weighted by Gasteiger charge is 2.43. The third kappa shape index (κ3) is 43.4. The molecule has 15 rings (SSSR count). The summed E-state index contributed by atoms with van der Waals surface area (Å²) in [5.74, 6) is 15.0. The van der Waals surface area contributed by atoms with E-state index in [-0.39, 0.29) is 30.8 Å². The smallest absolute Gasteiger partial charge is 0.271 e. The van der Waals surface area contributed by atoms with Crippen molar-refractivity contribution < 1.29 is 105 Å². The fraction of sp³-hybridized carbons (Fsp3) is 0.897. The lowest BCUT2D eigenvalue weighted by Crippen LogP contribution is -2.46. The molecular formula is C116H190F10O13. The van der Waals surface area contributed by atoms with E-state index in [0.717, 1.165) is 154 Å². The Bertz CT molecular complexity index is 3310. The van der Waals surface area contributed by atoms with Gasteiger partial charge in [0.25, 0.3) is 30.4 Å². The summed E-state index contributed by atoms with van der Waals surface area (Å²) in [6.45, 7) is 19.2. The van der Waals surface area contributed by atoms with Crippen molar-refractivity contribution >= 4 is 0 Å². The van der Waals surface area contributed by atoms with Gasteiger partial charge in [0.1, 0.15) is 0 Å². The Morgan fingerprint density at radius 1 is 0.245 bits per heavy atom. The summed E-state index contributed by atoms with van der Waals surface area (Å²) in [5.41, 5.74) is 0. The van der Waals surface area contributed by atoms with Crippen LogP contribution in [0.1, 0.15) is 394 Å². The van der Waals surface area contributed by atoms with Crippen molar-refractivity contribution in [2.24, 2.45) is 130 Å². The molecule has 7 saturated heterocycles. The van der Waals surface area contributed by atoms with Gasteiger partial charge in [0.15, 0.2) is 31.5 Å². The number of allylic oxidation sites excluding steroid dienone is 4. The minimum atomic E-state index is -1.79. The Kier molecular flexibility index (Phi) is 55.8. The average molecular weight is 1980 g/mol. The van der Waals surface area contributed by atoms with Crippen molar-refractivity contribution in [3.05, 3.63) is 72.9 Å². The van der Waals surface area contributed by atoms with E-state index in [4.69, 9.17) is 61.6 Å². The van der Waals surface area contributed by atoms with Gasteiger partial charge in [0, 0.05) is 49.5 Å². The molecule has 23 heteroatoms. The maximum absolute atomic E-state index is 12.3. The molecule has 0 aromatic carbocycles. The average Bonchev–Trinajstić information content (AvgIpc) is 0.842. The molecule has 0 amide bonds. The van der Waals surface area contributed by atoms with Crippen LogP contribution in [0.3, 0.4) is 0 Å². The maximum Gasteiger partial charge on any atom is 0.271 e. The molecule has 7 heterocycles. The zero-order chi connectivity index (χ0) is 98.1. The maximum atomic E-state index is 12.3. The molecule has 4 atom stereocenters. The van der Waals surface area contributed by atoms with Crippen LogP contribution >= 0.6 is 0 Å². The van der Waals surface area contributed by atoms with E-state index in [0.29, 0.717) is 144 Å². The molecule has 0 radical (unpaired) electrons. The number of ether oxygens (including phenoxy) is 13. The third-order valence-corrected chi connectivity index (χ3v) is 35.8. The Labute approximate surface area is 834 Å². The lowest BCUT2D eigenvalue weighted by molar-refractivity contribution is -0.283. The second kappa shape index (κ2) is 66.6. The molecule has 0 bridgehead atoms. The van der Waals surface area contributed by atoms with Gasteiger partial charge < -0.3 is 61.6 Å². The van der Waals surface area contributed by atoms with E-state index in [1.54, 1.807) is 0 Å². The Morgan fingerprint density at radius 2 is 0.590 bits per heavy atom. The number of halogens is 10. The summed E-state index contributed by atoms with van der Waals surface area (Å²) in [6.07, 6.45) is 70.4. The van der Waals surface area contributed by atoms with Gasteiger partial charge >= 0.3 is 0 Å². The molecule has 7 aliphatic heterocycles. The van der Waals surface area contributed by atoms with Gasteiger partial charge in [0.2, 0.25) is 0 Å². The quantitative estimate of drug-likeness (QED) is 0.0332. The zero-order valence-corrected chi connectivity index (χ0v) is 86.7. The zero-order valence-electron chi connectivity index (χ0n) is 86.7. The standard InChI is InChI=1S/C27H46F2O.C25H42F2O2.C23H38F2O2.C22H34F2O4.C19H30F2O4/c1-2-3-4-5-6-7-21-8-12-23(13-9-21)24-14-16-25(17-15-24)26-18-10-22(20-30-26)11-19-27(28)29;1-2-17-28-23-14-12-21(13-15-23)20-8-10-22(11-9-20)24-16-7-19(18-29-24)5-3-4-6-25(26)27;1-2-3-17-4-6-18(7-5-17)8-9-19-10-12-20(13-11-19)21-15-26-23(27-16-21)14-22(24)25;1-2-3-4-5-16-6-8-17(9-7-16)18-12-27-22(28-13-18)19-14-25-21(26-15-19)11-10-20(23)24;1-2-3-13-4-6-14(7-5-13)15-9-24-19(25-10-15)16-11-22-18(23-12-16)8-17(20)21/h19,21-26H,2-18,20H2,1H3;6,19-24H,2-5,7-18H2,1H3;14,17-21,23H,2-13,15-16H2,1H3;4-5,10,16-19,21-22H,2-3,6-9,11-15H2,1H3;8,13-16,18-19H,2-7,9-12H2,1H3/b;;;5-4+;. The van der Waals surface area contributed by atoms with E-state index < -0.39 is 49.3 Å². The van der Waals surface area contributed by atoms with Gasteiger partial charge in [-0.2, -0.15) is 43.9 Å². The SMILES string of the molecule is CCC/C=C/C1CCC(C2COC(C3COC(CC=C(F)F)OC3)OC2)CC1.CCCC1CCC(C2COC(C3COC(C=C(F)F)OC3)OC2)CC1.CCCC1CCC(CCC2CCC(C3COC(C=C(F)F)OC3)CC2)CC1.CCCCCCCC1CCC(C2CCC(C3CCC(CC=C(F)F)CO3)CC2)CC1.CCCOC1CCC(C2CCC(C3CCC(CCCC=C(F)F)CO3)CC2)CC1. The first-order valence-electron chi connectivity index (χ1n) is 57.5. The van der Waals surface area contributed by atoms with Crippen LogP contribution in [0.4, 0.5) is 43.9 Å². The minimum Gasteiger partial charge on any atom is -0.378 e. The molecule has 13 nitrogen and oxygen atoms in total. The molecule has 0 aromatic heterocycles. The van der Waals surface area contributed by atoms with Gasteiger partial charge in [-0.25, -0.2) is 0 Å². The fourth-order valence-electron chi connectivity index (χ4n) is 27.0. The summed E-state index contributed by atoms with van der Waals surface area (Å²) in [5, 5.41) is 0. The molecule has 8 aliphatic carbocycles. The van der Waals surface area contributed by atoms with Gasteiger partial charge in [-0.3, -0.25) is 0 Å².